The van der Waals surface area contributed by atoms with Crippen molar-refractivity contribution in [2.24, 2.45) is 0 Å². The van der Waals surface area contributed by atoms with Crippen LogP contribution in [0.3, 0.4) is 0 Å². The minimum Gasteiger partial charge on any atom is -0.381 e. The lowest BCUT2D eigenvalue weighted by molar-refractivity contribution is 0.140. The minimum atomic E-state index is 0.807. The van der Waals surface area contributed by atoms with Gasteiger partial charge in [-0.05, 0) is 47.9 Å². The maximum Gasteiger partial charge on any atom is 0.0506 e. The normalized spacial score (nSPS) is 10.9. The fourth-order valence-electron chi connectivity index (χ4n) is 2.80. The van der Waals surface area contributed by atoms with Gasteiger partial charge in [0.2, 0.25) is 0 Å². The van der Waals surface area contributed by atoms with Crippen molar-refractivity contribution in [2.45, 2.75) is 52.4 Å². The lowest BCUT2D eigenvalue weighted by Gasteiger charge is -2.06. The monoisotopic (exact) mass is 310 g/mol. The molecule has 0 unspecified atom stereocenters. The Balaban J connectivity index is 1.63. The summed E-state index contributed by atoms with van der Waals surface area (Å²) in [6.07, 6.45) is 6.77. The summed E-state index contributed by atoms with van der Waals surface area (Å²) in [5, 5.41) is 0. The van der Waals surface area contributed by atoms with E-state index in [0.29, 0.717) is 0 Å². The molecule has 0 fully saturated rings. The average Bonchev–Trinajstić information content (AvgIpc) is 2.58. The Labute approximate surface area is 141 Å². The molecule has 2 rings (SSSR count). The van der Waals surface area contributed by atoms with E-state index in [-0.39, 0.29) is 0 Å². The van der Waals surface area contributed by atoms with Crippen LogP contribution in [0, 0.1) is 0 Å². The topological polar surface area (TPSA) is 9.23 Å². The molecule has 0 aliphatic carbocycles. The van der Waals surface area contributed by atoms with E-state index in [2.05, 4.69) is 62.4 Å². The molecule has 0 radical (unpaired) electrons. The molecule has 0 heterocycles. The molecular formula is C22H30O. The van der Waals surface area contributed by atoms with Crippen LogP contribution in [-0.2, 0) is 30.4 Å². The lowest BCUT2D eigenvalue weighted by Crippen LogP contribution is -2.03. The van der Waals surface area contributed by atoms with Crippen molar-refractivity contribution in [2.75, 3.05) is 13.2 Å². The molecule has 2 aromatic carbocycles. The molecule has 2 aromatic rings. The third-order valence-electron chi connectivity index (χ3n) is 4.19. The van der Waals surface area contributed by atoms with Gasteiger partial charge in [-0.25, -0.2) is 0 Å². The summed E-state index contributed by atoms with van der Waals surface area (Å²) in [7, 11) is 0. The van der Waals surface area contributed by atoms with Gasteiger partial charge in [-0.2, -0.15) is 0 Å². The smallest absolute Gasteiger partial charge is 0.0506 e. The summed E-state index contributed by atoms with van der Waals surface area (Å²) >= 11 is 0. The van der Waals surface area contributed by atoms with E-state index in [1.165, 1.54) is 47.9 Å². The molecule has 1 heteroatoms. The molecule has 0 atom stereocenters. The van der Waals surface area contributed by atoms with Gasteiger partial charge in [0, 0.05) is 0 Å². The fourth-order valence-corrected chi connectivity index (χ4v) is 2.80. The van der Waals surface area contributed by atoms with Crippen LogP contribution in [0.15, 0.2) is 48.5 Å². The largest absolute Gasteiger partial charge is 0.381 e. The van der Waals surface area contributed by atoms with Gasteiger partial charge < -0.3 is 4.74 Å². The van der Waals surface area contributed by atoms with Crippen LogP contribution in [-0.4, -0.2) is 13.2 Å². The first-order chi connectivity index (χ1) is 11.3. The quantitative estimate of drug-likeness (QED) is 0.534. The molecule has 0 aromatic heterocycles. The van der Waals surface area contributed by atoms with Gasteiger partial charge in [0.15, 0.2) is 0 Å². The fraction of sp³-hybridized carbons (Fsp3) is 0.455. The molecule has 0 saturated carbocycles. The number of rotatable bonds is 10. The summed E-state index contributed by atoms with van der Waals surface area (Å²) in [5.41, 5.74) is 5.61. The number of hydrogen-bond acceptors (Lipinski definition) is 1. The highest BCUT2D eigenvalue weighted by Crippen LogP contribution is 2.09. The highest BCUT2D eigenvalue weighted by atomic mass is 16.5. The lowest BCUT2D eigenvalue weighted by atomic mass is 10.1. The van der Waals surface area contributed by atoms with Gasteiger partial charge in [0.05, 0.1) is 13.2 Å². The molecule has 0 aliphatic heterocycles. The Bertz CT molecular complexity index is 488. The van der Waals surface area contributed by atoms with Crippen LogP contribution >= 0.6 is 0 Å². The molecule has 0 spiro atoms. The van der Waals surface area contributed by atoms with Crippen molar-refractivity contribution in [1.82, 2.24) is 0 Å². The van der Waals surface area contributed by atoms with Crippen molar-refractivity contribution >= 4 is 0 Å². The van der Waals surface area contributed by atoms with Crippen LogP contribution in [0.2, 0.25) is 0 Å². The van der Waals surface area contributed by atoms with E-state index >= 15 is 0 Å². The first-order valence-electron chi connectivity index (χ1n) is 9.05. The first kappa shape index (κ1) is 17.7. The molecule has 0 aliphatic rings. The third-order valence-corrected chi connectivity index (χ3v) is 4.19. The Hall–Kier alpha value is -1.60. The van der Waals surface area contributed by atoms with E-state index in [4.69, 9.17) is 4.74 Å². The summed E-state index contributed by atoms with van der Waals surface area (Å²) in [6.45, 7) is 6.06. The summed E-state index contributed by atoms with van der Waals surface area (Å²) < 4.78 is 5.80. The SMILES string of the molecule is CCCc1ccc(CCOCCc2ccc(CCC)cc2)cc1. The van der Waals surface area contributed by atoms with Gasteiger partial charge in [-0.15, -0.1) is 0 Å². The minimum absolute atomic E-state index is 0.807. The summed E-state index contributed by atoms with van der Waals surface area (Å²) in [4.78, 5) is 0. The van der Waals surface area contributed by atoms with Crippen LogP contribution in [0.4, 0.5) is 0 Å². The second kappa shape index (κ2) is 10.2. The Kier molecular flexibility index (Phi) is 7.89. The number of hydrogen-bond donors (Lipinski definition) is 0. The Morgan fingerprint density at radius 2 is 0.826 bits per heavy atom. The molecule has 0 saturated heterocycles. The predicted molar refractivity (Wildman–Crippen MR) is 99.1 cm³/mol. The molecule has 124 valence electrons. The number of ether oxygens (including phenoxy) is 1. The van der Waals surface area contributed by atoms with E-state index in [1.807, 2.05) is 0 Å². The van der Waals surface area contributed by atoms with Gasteiger partial charge in [0.25, 0.3) is 0 Å². The van der Waals surface area contributed by atoms with E-state index in [9.17, 15) is 0 Å². The van der Waals surface area contributed by atoms with E-state index in [0.717, 1.165) is 26.1 Å². The molecule has 23 heavy (non-hydrogen) atoms. The molecule has 0 amide bonds. The molecule has 0 N–H and O–H groups in total. The van der Waals surface area contributed by atoms with Gasteiger partial charge in [-0.3, -0.25) is 0 Å². The molecule has 1 nitrogen and oxygen atoms in total. The second-order valence-electron chi connectivity index (χ2n) is 6.25. The van der Waals surface area contributed by atoms with Crippen LogP contribution in [0.5, 0.6) is 0 Å². The first-order valence-corrected chi connectivity index (χ1v) is 9.05. The van der Waals surface area contributed by atoms with Gasteiger partial charge in [0.1, 0.15) is 0 Å². The van der Waals surface area contributed by atoms with Crippen LogP contribution in [0.1, 0.15) is 48.9 Å². The van der Waals surface area contributed by atoms with Crippen molar-refractivity contribution in [3.05, 3.63) is 70.8 Å². The van der Waals surface area contributed by atoms with Crippen molar-refractivity contribution in [3.63, 3.8) is 0 Å². The predicted octanol–water partition coefficient (Wildman–Crippen LogP) is 5.39. The maximum absolute atomic E-state index is 5.80. The van der Waals surface area contributed by atoms with E-state index in [1.54, 1.807) is 0 Å². The molecular weight excluding hydrogens is 280 g/mol. The Morgan fingerprint density at radius 1 is 0.522 bits per heavy atom. The third kappa shape index (κ3) is 6.58. The van der Waals surface area contributed by atoms with Crippen LogP contribution < -0.4 is 0 Å². The maximum atomic E-state index is 5.80. The van der Waals surface area contributed by atoms with Gasteiger partial charge >= 0.3 is 0 Å². The average molecular weight is 310 g/mol. The highest BCUT2D eigenvalue weighted by molar-refractivity contribution is 5.23. The zero-order valence-corrected chi connectivity index (χ0v) is 14.7. The van der Waals surface area contributed by atoms with Gasteiger partial charge in [-0.1, -0.05) is 75.2 Å². The second-order valence-corrected chi connectivity index (χ2v) is 6.25. The zero-order valence-electron chi connectivity index (χ0n) is 14.7. The molecule has 0 bridgehead atoms. The summed E-state index contributed by atoms with van der Waals surface area (Å²) in [5.74, 6) is 0. The van der Waals surface area contributed by atoms with Crippen molar-refractivity contribution in [3.8, 4) is 0 Å². The zero-order chi connectivity index (χ0) is 16.3. The summed E-state index contributed by atoms with van der Waals surface area (Å²) in [6, 6.07) is 17.9. The van der Waals surface area contributed by atoms with Crippen molar-refractivity contribution < 1.29 is 4.74 Å². The number of benzene rings is 2. The number of aryl methyl sites for hydroxylation is 2. The highest BCUT2D eigenvalue weighted by Gasteiger charge is 1.97. The standard InChI is InChI=1S/C22H30O/c1-3-5-19-7-11-21(12-8-19)15-17-23-18-16-22-13-9-20(6-4-2)10-14-22/h7-14H,3-6,15-18H2,1-2H3. The van der Waals surface area contributed by atoms with Crippen LogP contribution in [0.25, 0.3) is 0 Å². The van der Waals surface area contributed by atoms with Crippen molar-refractivity contribution in [1.29, 1.82) is 0 Å². The van der Waals surface area contributed by atoms with E-state index < -0.39 is 0 Å². The Morgan fingerprint density at radius 3 is 1.13 bits per heavy atom.